The van der Waals surface area contributed by atoms with Crippen LogP contribution < -0.4 is 10.6 Å². The third kappa shape index (κ3) is 4.97. The van der Waals surface area contributed by atoms with Crippen LogP contribution in [0.25, 0.3) is 28.4 Å². The summed E-state index contributed by atoms with van der Waals surface area (Å²) >= 11 is 0. The molecule has 0 fully saturated rings. The third-order valence-electron chi connectivity index (χ3n) is 6.02. The molecule has 9 nitrogen and oxygen atoms in total. The Bertz CT molecular complexity index is 1590. The maximum atomic E-state index is 15.0. The Kier molecular flexibility index (Phi) is 6.62. The topological polar surface area (TPSA) is 103 Å². The quantitative estimate of drug-likeness (QED) is 0.301. The second-order valence-electron chi connectivity index (χ2n) is 9.90. The van der Waals surface area contributed by atoms with E-state index >= 15 is 0 Å². The van der Waals surface area contributed by atoms with Crippen molar-refractivity contribution >= 4 is 28.8 Å². The van der Waals surface area contributed by atoms with E-state index in [2.05, 4.69) is 20.7 Å². The summed E-state index contributed by atoms with van der Waals surface area (Å²) in [6, 6.07) is 19.0. The lowest BCUT2D eigenvalue weighted by molar-refractivity contribution is -0.123. The van der Waals surface area contributed by atoms with E-state index in [-0.39, 0.29) is 17.4 Å². The number of carbonyl (C=O) groups is 1. The van der Waals surface area contributed by atoms with Crippen molar-refractivity contribution in [3.8, 4) is 17.2 Å². The smallest absolute Gasteiger partial charge is 0.233 e. The summed E-state index contributed by atoms with van der Waals surface area (Å²) in [5.41, 5.74) is 2.17. The molecule has 2 N–H and O–H groups in total. The van der Waals surface area contributed by atoms with E-state index in [9.17, 15) is 9.18 Å². The summed E-state index contributed by atoms with van der Waals surface area (Å²) in [7, 11) is 0. The van der Waals surface area contributed by atoms with Gasteiger partial charge in [0, 0.05) is 24.1 Å². The SMILES string of the molecule is CCn1c(-n2cc(F)c(-c3ccccc3)n2)nc2c(NC(=O)C(C)(C)C)nc(NCc3ccccc3)nc21. The van der Waals surface area contributed by atoms with Gasteiger partial charge in [-0.05, 0) is 12.5 Å². The van der Waals surface area contributed by atoms with Gasteiger partial charge >= 0.3 is 0 Å². The first-order chi connectivity index (χ1) is 18.2. The number of halogens is 1. The average Bonchev–Trinajstić information content (AvgIpc) is 3.48. The highest BCUT2D eigenvalue weighted by Crippen LogP contribution is 2.28. The number of anilines is 2. The van der Waals surface area contributed by atoms with E-state index in [0.29, 0.717) is 41.7 Å². The zero-order valence-electron chi connectivity index (χ0n) is 21.7. The standard InChI is InChI=1S/C28H29FN8O/c1-5-36-24-22(31-27(36)37-17-20(29)21(35-37)19-14-10-7-11-15-19)23(32-25(38)28(2,3)4)33-26(34-24)30-16-18-12-8-6-9-13-18/h6-15,17H,5,16H2,1-4H3,(H2,30,32,33,34,38). The summed E-state index contributed by atoms with van der Waals surface area (Å²) in [5.74, 6) is 0.293. The first-order valence-corrected chi connectivity index (χ1v) is 12.4. The van der Waals surface area contributed by atoms with Crippen LogP contribution in [-0.2, 0) is 17.9 Å². The first kappa shape index (κ1) is 25.1. The van der Waals surface area contributed by atoms with Crippen molar-refractivity contribution in [2.45, 2.75) is 40.8 Å². The lowest BCUT2D eigenvalue weighted by Gasteiger charge is -2.17. The van der Waals surface area contributed by atoms with Crippen molar-refractivity contribution in [3.63, 3.8) is 0 Å². The van der Waals surface area contributed by atoms with Crippen molar-refractivity contribution in [1.29, 1.82) is 0 Å². The molecule has 0 radical (unpaired) electrons. The van der Waals surface area contributed by atoms with Gasteiger partial charge in [0.1, 0.15) is 5.69 Å². The molecule has 0 spiro atoms. The maximum Gasteiger partial charge on any atom is 0.233 e. The number of hydrogen-bond acceptors (Lipinski definition) is 6. The molecule has 5 rings (SSSR count). The number of rotatable bonds is 7. The molecular weight excluding hydrogens is 483 g/mol. The van der Waals surface area contributed by atoms with Gasteiger partial charge in [-0.25, -0.2) is 14.1 Å². The number of imidazole rings is 1. The van der Waals surface area contributed by atoms with Gasteiger partial charge in [0.2, 0.25) is 17.8 Å². The Morgan fingerprint density at radius 3 is 2.32 bits per heavy atom. The summed E-state index contributed by atoms with van der Waals surface area (Å²) in [6.45, 7) is 8.39. The van der Waals surface area contributed by atoms with Crippen LogP contribution in [0.5, 0.6) is 0 Å². The Balaban J connectivity index is 1.61. The van der Waals surface area contributed by atoms with Gasteiger partial charge in [0.15, 0.2) is 22.8 Å². The van der Waals surface area contributed by atoms with Gasteiger partial charge < -0.3 is 10.6 Å². The fourth-order valence-electron chi connectivity index (χ4n) is 3.94. The van der Waals surface area contributed by atoms with Crippen LogP contribution >= 0.6 is 0 Å². The third-order valence-corrected chi connectivity index (χ3v) is 6.02. The van der Waals surface area contributed by atoms with E-state index < -0.39 is 11.2 Å². The number of nitrogens with one attached hydrogen (secondary N) is 2. The molecule has 0 unspecified atom stereocenters. The average molecular weight is 513 g/mol. The van der Waals surface area contributed by atoms with Crippen LogP contribution in [-0.4, -0.2) is 35.2 Å². The van der Waals surface area contributed by atoms with Crippen LogP contribution in [0.15, 0.2) is 66.9 Å². The predicted molar refractivity (Wildman–Crippen MR) is 145 cm³/mol. The van der Waals surface area contributed by atoms with Crippen molar-refractivity contribution in [1.82, 2.24) is 29.3 Å². The lowest BCUT2D eigenvalue weighted by Crippen LogP contribution is -2.28. The van der Waals surface area contributed by atoms with Gasteiger partial charge in [0.05, 0.1) is 6.20 Å². The molecule has 0 aliphatic heterocycles. The number of amides is 1. The van der Waals surface area contributed by atoms with Gasteiger partial charge in [-0.2, -0.15) is 15.1 Å². The molecular formula is C28H29FN8O. The minimum absolute atomic E-state index is 0.212. The highest BCUT2D eigenvalue weighted by Gasteiger charge is 2.26. The molecule has 1 amide bonds. The number of fused-ring (bicyclic) bond motifs is 1. The number of benzene rings is 2. The number of aryl methyl sites for hydroxylation is 1. The highest BCUT2D eigenvalue weighted by atomic mass is 19.1. The molecule has 0 aliphatic carbocycles. The van der Waals surface area contributed by atoms with Crippen LogP contribution in [0, 0.1) is 11.2 Å². The monoisotopic (exact) mass is 512 g/mol. The molecule has 38 heavy (non-hydrogen) atoms. The van der Waals surface area contributed by atoms with Crippen molar-refractivity contribution < 1.29 is 9.18 Å². The summed E-state index contributed by atoms with van der Waals surface area (Å²) in [5, 5.41) is 10.6. The molecule has 0 saturated heterocycles. The Morgan fingerprint density at radius 1 is 0.974 bits per heavy atom. The number of hydrogen-bond donors (Lipinski definition) is 2. The first-order valence-electron chi connectivity index (χ1n) is 12.4. The maximum absolute atomic E-state index is 15.0. The number of aromatic nitrogens is 6. The van der Waals surface area contributed by atoms with Gasteiger partial charge in [-0.15, -0.1) is 0 Å². The normalized spacial score (nSPS) is 11.6. The fraction of sp³-hybridized carbons (Fsp3) is 0.250. The number of carbonyl (C=O) groups excluding carboxylic acids is 1. The summed E-state index contributed by atoms with van der Waals surface area (Å²) < 4.78 is 18.2. The van der Waals surface area contributed by atoms with E-state index in [1.807, 2.05) is 80.8 Å². The minimum atomic E-state index is -0.652. The molecule has 5 aromatic rings. The zero-order valence-corrected chi connectivity index (χ0v) is 21.7. The van der Waals surface area contributed by atoms with Gasteiger partial charge in [-0.1, -0.05) is 81.4 Å². The molecule has 0 aliphatic rings. The Hall–Kier alpha value is -4.60. The van der Waals surface area contributed by atoms with E-state index in [1.54, 1.807) is 12.1 Å². The van der Waals surface area contributed by atoms with Gasteiger partial charge in [-0.3, -0.25) is 9.36 Å². The summed E-state index contributed by atoms with van der Waals surface area (Å²) in [4.78, 5) is 26.9. The second-order valence-corrected chi connectivity index (χ2v) is 9.90. The Morgan fingerprint density at radius 2 is 1.66 bits per heavy atom. The molecule has 0 saturated carbocycles. The summed E-state index contributed by atoms with van der Waals surface area (Å²) in [6.07, 6.45) is 1.30. The minimum Gasteiger partial charge on any atom is -0.350 e. The van der Waals surface area contributed by atoms with Crippen LogP contribution in [0.2, 0.25) is 0 Å². The van der Waals surface area contributed by atoms with Gasteiger partial charge in [0.25, 0.3) is 0 Å². The van der Waals surface area contributed by atoms with E-state index in [4.69, 9.17) is 9.97 Å². The Labute approximate surface area is 219 Å². The fourth-order valence-corrected chi connectivity index (χ4v) is 3.94. The molecule has 194 valence electrons. The van der Waals surface area contributed by atoms with Crippen LogP contribution in [0.1, 0.15) is 33.3 Å². The van der Waals surface area contributed by atoms with E-state index in [1.165, 1.54) is 10.9 Å². The number of nitrogens with zero attached hydrogens (tertiary/aromatic N) is 6. The largest absolute Gasteiger partial charge is 0.350 e. The molecule has 10 heteroatoms. The predicted octanol–water partition coefficient (Wildman–Crippen LogP) is 5.43. The van der Waals surface area contributed by atoms with Crippen LogP contribution in [0.4, 0.5) is 16.2 Å². The van der Waals surface area contributed by atoms with Crippen molar-refractivity contribution in [2.24, 2.45) is 5.41 Å². The molecule has 2 aromatic carbocycles. The lowest BCUT2D eigenvalue weighted by atomic mass is 9.96. The zero-order chi connectivity index (χ0) is 26.9. The van der Waals surface area contributed by atoms with Crippen LogP contribution in [0.3, 0.4) is 0 Å². The molecule has 3 heterocycles. The van der Waals surface area contributed by atoms with Crippen molar-refractivity contribution in [2.75, 3.05) is 10.6 Å². The van der Waals surface area contributed by atoms with Crippen molar-refractivity contribution in [3.05, 3.63) is 78.2 Å². The second kappa shape index (κ2) is 10.0. The highest BCUT2D eigenvalue weighted by molar-refractivity contribution is 6.00. The molecule has 0 atom stereocenters. The molecule has 0 bridgehead atoms. The van der Waals surface area contributed by atoms with E-state index in [0.717, 1.165) is 5.56 Å². The molecule has 3 aromatic heterocycles.